The van der Waals surface area contributed by atoms with E-state index in [4.69, 9.17) is 9.84 Å². The van der Waals surface area contributed by atoms with E-state index in [2.05, 4.69) is 0 Å². The van der Waals surface area contributed by atoms with Crippen LogP contribution in [0.2, 0.25) is 0 Å². The third-order valence-corrected chi connectivity index (χ3v) is 1.47. The molecule has 0 aliphatic heterocycles. The van der Waals surface area contributed by atoms with Crippen LogP contribution in [-0.4, -0.2) is 43.2 Å². The van der Waals surface area contributed by atoms with Crippen molar-refractivity contribution < 1.29 is 14.6 Å². The SMILES string of the molecule is CC=C(O)C(=O)OCCCN(C)C.I. The molecule has 0 bridgehead atoms. The van der Waals surface area contributed by atoms with Gasteiger partial charge in [-0.3, -0.25) is 0 Å². The van der Waals surface area contributed by atoms with Crippen LogP contribution in [0.3, 0.4) is 0 Å². The molecule has 0 aromatic rings. The molecule has 0 heterocycles. The normalized spacial score (nSPS) is 11.0. The van der Waals surface area contributed by atoms with E-state index < -0.39 is 5.97 Å². The molecule has 0 aromatic heterocycles. The standard InChI is InChI=1S/C9H17NO3.HI/c1-4-8(11)9(12)13-7-5-6-10(2)3;/h4,11H,5-7H2,1-3H3;1H. The molecule has 0 aliphatic carbocycles. The zero-order valence-electron chi connectivity index (χ0n) is 8.82. The van der Waals surface area contributed by atoms with E-state index in [1.54, 1.807) is 6.92 Å². The highest BCUT2D eigenvalue weighted by Crippen LogP contribution is 1.94. The molecular formula is C9H18INO3. The highest BCUT2D eigenvalue weighted by Gasteiger charge is 2.06. The van der Waals surface area contributed by atoms with Crippen molar-refractivity contribution in [3.8, 4) is 0 Å². The highest BCUT2D eigenvalue weighted by molar-refractivity contribution is 14.0. The van der Waals surface area contributed by atoms with Gasteiger partial charge in [0.05, 0.1) is 6.61 Å². The van der Waals surface area contributed by atoms with Crippen molar-refractivity contribution in [1.82, 2.24) is 4.90 Å². The monoisotopic (exact) mass is 315 g/mol. The summed E-state index contributed by atoms with van der Waals surface area (Å²) in [6.07, 6.45) is 2.09. The zero-order valence-corrected chi connectivity index (χ0v) is 11.1. The smallest absolute Gasteiger partial charge is 0.373 e. The fourth-order valence-corrected chi connectivity index (χ4v) is 0.737. The molecule has 0 amide bonds. The van der Waals surface area contributed by atoms with Crippen LogP contribution >= 0.6 is 24.0 Å². The van der Waals surface area contributed by atoms with Gasteiger partial charge in [-0.2, -0.15) is 0 Å². The quantitative estimate of drug-likeness (QED) is 0.275. The van der Waals surface area contributed by atoms with E-state index in [9.17, 15) is 4.79 Å². The molecule has 0 fully saturated rings. The molecule has 0 rings (SSSR count). The van der Waals surface area contributed by atoms with Crippen LogP contribution in [0.15, 0.2) is 11.8 Å². The van der Waals surface area contributed by atoms with Gasteiger partial charge in [0.2, 0.25) is 0 Å². The van der Waals surface area contributed by atoms with E-state index in [-0.39, 0.29) is 29.7 Å². The number of hydrogen-bond donors (Lipinski definition) is 1. The lowest BCUT2D eigenvalue weighted by molar-refractivity contribution is -0.142. The lowest BCUT2D eigenvalue weighted by Crippen LogP contribution is -2.16. The maximum absolute atomic E-state index is 10.9. The Morgan fingerprint density at radius 1 is 1.50 bits per heavy atom. The van der Waals surface area contributed by atoms with Gasteiger partial charge in [-0.25, -0.2) is 4.79 Å². The summed E-state index contributed by atoms with van der Waals surface area (Å²) in [6.45, 7) is 2.79. The summed E-state index contributed by atoms with van der Waals surface area (Å²) in [4.78, 5) is 12.9. The maximum atomic E-state index is 10.9. The third-order valence-electron chi connectivity index (χ3n) is 1.47. The topological polar surface area (TPSA) is 49.8 Å². The van der Waals surface area contributed by atoms with Gasteiger partial charge < -0.3 is 14.7 Å². The van der Waals surface area contributed by atoms with Crippen LogP contribution in [0, 0.1) is 0 Å². The second kappa shape index (κ2) is 9.26. The molecule has 0 unspecified atom stereocenters. The molecule has 0 aromatic carbocycles. The largest absolute Gasteiger partial charge is 0.502 e. The molecular weight excluding hydrogens is 297 g/mol. The number of aliphatic hydroxyl groups excluding tert-OH is 1. The van der Waals surface area contributed by atoms with Crippen molar-refractivity contribution in [2.45, 2.75) is 13.3 Å². The Morgan fingerprint density at radius 2 is 2.07 bits per heavy atom. The minimum atomic E-state index is -0.652. The number of aliphatic hydroxyl groups is 1. The lowest BCUT2D eigenvalue weighted by Gasteiger charge is -2.08. The number of carbonyl (C=O) groups excluding carboxylic acids is 1. The predicted molar refractivity (Wildman–Crippen MR) is 65.9 cm³/mol. The average molecular weight is 315 g/mol. The summed E-state index contributed by atoms with van der Waals surface area (Å²) in [6, 6.07) is 0. The van der Waals surface area contributed by atoms with Gasteiger partial charge in [0.15, 0.2) is 5.76 Å². The van der Waals surface area contributed by atoms with Crippen LogP contribution in [0.4, 0.5) is 0 Å². The summed E-state index contributed by atoms with van der Waals surface area (Å²) in [5.74, 6) is -0.980. The van der Waals surface area contributed by atoms with E-state index in [0.29, 0.717) is 6.61 Å². The Labute approximate surface area is 102 Å². The average Bonchev–Trinajstić information content (AvgIpc) is 2.10. The number of esters is 1. The Kier molecular flexibility index (Phi) is 10.7. The van der Waals surface area contributed by atoms with Crippen molar-refractivity contribution in [3.05, 3.63) is 11.8 Å². The van der Waals surface area contributed by atoms with Gasteiger partial charge in [-0.1, -0.05) is 0 Å². The Balaban J connectivity index is 0. The number of carbonyl (C=O) groups is 1. The maximum Gasteiger partial charge on any atom is 0.373 e. The summed E-state index contributed by atoms with van der Waals surface area (Å²) >= 11 is 0. The van der Waals surface area contributed by atoms with E-state index in [1.165, 1.54) is 6.08 Å². The van der Waals surface area contributed by atoms with Crippen molar-refractivity contribution in [1.29, 1.82) is 0 Å². The summed E-state index contributed by atoms with van der Waals surface area (Å²) in [7, 11) is 3.90. The first-order valence-corrected chi connectivity index (χ1v) is 4.25. The van der Waals surface area contributed by atoms with E-state index in [1.807, 2.05) is 19.0 Å². The predicted octanol–water partition coefficient (Wildman–Crippen LogP) is 1.56. The molecule has 1 N–H and O–H groups in total. The van der Waals surface area contributed by atoms with Crippen molar-refractivity contribution in [3.63, 3.8) is 0 Å². The van der Waals surface area contributed by atoms with Crippen LogP contribution in [0.5, 0.6) is 0 Å². The molecule has 4 nitrogen and oxygen atoms in total. The first kappa shape index (κ1) is 16.1. The molecule has 0 saturated carbocycles. The van der Waals surface area contributed by atoms with Gasteiger partial charge in [0.25, 0.3) is 0 Å². The van der Waals surface area contributed by atoms with E-state index >= 15 is 0 Å². The number of hydrogen-bond acceptors (Lipinski definition) is 4. The number of nitrogens with zero attached hydrogens (tertiary/aromatic N) is 1. The van der Waals surface area contributed by atoms with Gasteiger partial charge in [0, 0.05) is 6.54 Å². The molecule has 0 saturated heterocycles. The molecule has 0 atom stereocenters. The van der Waals surface area contributed by atoms with Gasteiger partial charge >= 0.3 is 5.97 Å². The van der Waals surface area contributed by atoms with Gasteiger partial charge in [-0.15, -0.1) is 24.0 Å². The second-order valence-corrected chi connectivity index (χ2v) is 2.97. The first-order chi connectivity index (χ1) is 6.07. The minimum absolute atomic E-state index is 0. The molecule has 84 valence electrons. The lowest BCUT2D eigenvalue weighted by atomic mass is 10.4. The summed E-state index contributed by atoms with van der Waals surface area (Å²) in [5, 5.41) is 8.91. The Hall–Kier alpha value is -0.300. The van der Waals surface area contributed by atoms with Crippen LogP contribution in [0.1, 0.15) is 13.3 Å². The van der Waals surface area contributed by atoms with Crippen LogP contribution < -0.4 is 0 Å². The Bertz CT molecular complexity index is 192. The molecule has 0 spiro atoms. The van der Waals surface area contributed by atoms with Crippen LogP contribution in [0.25, 0.3) is 0 Å². The molecule has 0 radical (unpaired) electrons. The van der Waals surface area contributed by atoms with Crippen LogP contribution in [-0.2, 0) is 9.53 Å². The second-order valence-electron chi connectivity index (χ2n) is 2.97. The van der Waals surface area contributed by atoms with Crippen molar-refractivity contribution in [2.24, 2.45) is 0 Å². The zero-order chi connectivity index (χ0) is 10.3. The number of halogens is 1. The Morgan fingerprint density at radius 3 is 2.50 bits per heavy atom. The third kappa shape index (κ3) is 8.31. The molecule has 0 aliphatic rings. The number of allylic oxidation sites excluding steroid dienone is 1. The summed E-state index contributed by atoms with van der Waals surface area (Å²) < 4.78 is 4.76. The number of rotatable bonds is 5. The van der Waals surface area contributed by atoms with Crippen molar-refractivity contribution >= 4 is 29.9 Å². The van der Waals surface area contributed by atoms with Gasteiger partial charge in [0.1, 0.15) is 0 Å². The minimum Gasteiger partial charge on any atom is -0.502 e. The molecule has 14 heavy (non-hydrogen) atoms. The van der Waals surface area contributed by atoms with Gasteiger partial charge in [-0.05, 0) is 33.5 Å². The number of ether oxygens (including phenoxy) is 1. The summed E-state index contributed by atoms with van der Waals surface area (Å²) in [5.41, 5.74) is 0. The van der Waals surface area contributed by atoms with E-state index in [0.717, 1.165) is 13.0 Å². The fourth-order valence-electron chi connectivity index (χ4n) is 0.737. The molecule has 5 heteroatoms. The highest BCUT2D eigenvalue weighted by atomic mass is 127. The van der Waals surface area contributed by atoms with Crippen molar-refractivity contribution in [2.75, 3.05) is 27.2 Å². The fraction of sp³-hybridized carbons (Fsp3) is 0.667. The first-order valence-electron chi connectivity index (χ1n) is 4.25.